The zero-order valence-corrected chi connectivity index (χ0v) is 18.7. The molecule has 6 heteroatoms. The molecule has 0 bridgehead atoms. The van der Waals surface area contributed by atoms with Crippen molar-refractivity contribution in [2.75, 3.05) is 33.4 Å². The Bertz CT molecular complexity index is 635. The highest BCUT2D eigenvalue weighted by atomic mass is 16.5. The third-order valence-corrected chi connectivity index (χ3v) is 5.83. The van der Waals surface area contributed by atoms with Crippen molar-refractivity contribution >= 4 is 11.8 Å². The molecule has 29 heavy (non-hydrogen) atoms. The second kappa shape index (κ2) is 12.0. The molecule has 1 aliphatic carbocycles. The molecule has 2 amide bonds. The molecule has 164 valence electrons. The predicted octanol–water partition coefficient (Wildman–Crippen LogP) is 3.46. The van der Waals surface area contributed by atoms with Crippen LogP contribution in [-0.4, -0.2) is 59.5 Å². The molecular formula is C23H39N3O3. The Balaban J connectivity index is 1.99. The fraction of sp³-hybridized carbons (Fsp3) is 0.739. The molecule has 0 saturated heterocycles. The van der Waals surface area contributed by atoms with Gasteiger partial charge in [0.15, 0.2) is 0 Å². The standard InChI is InChI=1S/C23H39N3O3/c1-19(2)16-26(22(27)12-11-20-8-5-6-9-20)18-23(28)25(14-15-29-4)17-21-10-7-13-24(21)3/h7,10,13,19-20H,5-6,8-9,11-12,14-18H2,1-4H3. The summed E-state index contributed by atoms with van der Waals surface area (Å²) in [6.45, 7) is 6.48. The number of amides is 2. The molecule has 2 rings (SSSR count). The lowest BCUT2D eigenvalue weighted by molar-refractivity contribution is -0.141. The van der Waals surface area contributed by atoms with Gasteiger partial charge in [-0.15, -0.1) is 0 Å². The first-order valence-corrected chi connectivity index (χ1v) is 11.1. The Morgan fingerprint density at radius 1 is 1.21 bits per heavy atom. The first kappa shape index (κ1) is 23.5. The number of nitrogens with zero attached hydrogens (tertiary/aromatic N) is 3. The van der Waals surface area contributed by atoms with Crippen molar-refractivity contribution in [2.45, 2.75) is 58.9 Å². The van der Waals surface area contributed by atoms with Crippen molar-refractivity contribution in [3.05, 3.63) is 24.0 Å². The molecule has 0 N–H and O–H groups in total. The second-order valence-electron chi connectivity index (χ2n) is 8.78. The molecule has 0 spiro atoms. The van der Waals surface area contributed by atoms with Crippen molar-refractivity contribution in [2.24, 2.45) is 18.9 Å². The lowest BCUT2D eigenvalue weighted by atomic mass is 10.0. The quantitative estimate of drug-likeness (QED) is 0.535. The van der Waals surface area contributed by atoms with Gasteiger partial charge >= 0.3 is 0 Å². The van der Waals surface area contributed by atoms with E-state index in [-0.39, 0.29) is 18.4 Å². The molecule has 0 unspecified atom stereocenters. The predicted molar refractivity (Wildman–Crippen MR) is 115 cm³/mol. The van der Waals surface area contributed by atoms with Crippen molar-refractivity contribution in [1.82, 2.24) is 14.4 Å². The third kappa shape index (κ3) is 7.84. The van der Waals surface area contributed by atoms with Crippen molar-refractivity contribution in [3.8, 4) is 0 Å². The zero-order valence-electron chi connectivity index (χ0n) is 18.7. The highest BCUT2D eigenvalue weighted by Gasteiger charge is 2.24. The van der Waals surface area contributed by atoms with Gasteiger partial charge in [-0.3, -0.25) is 9.59 Å². The lowest BCUT2D eigenvalue weighted by Crippen LogP contribution is -2.45. The average Bonchev–Trinajstić information content (AvgIpc) is 3.34. The fourth-order valence-electron chi connectivity index (χ4n) is 4.09. The van der Waals surface area contributed by atoms with Gasteiger partial charge in [-0.2, -0.15) is 0 Å². The largest absolute Gasteiger partial charge is 0.383 e. The Morgan fingerprint density at radius 2 is 1.93 bits per heavy atom. The number of ether oxygens (including phenoxy) is 1. The van der Waals surface area contributed by atoms with Crippen LogP contribution in [0.5, 0.6) is 0 Å². The smallest absolute Gasteiger partial charge is 0.242 e. The van der Waals surface area contributed by atoms with Crippen LogP contribution in [0.4, 0.5) is 0 Å². The summed E-state index contributed by atoms with van der Waals surface area (Å²) in [5.41, 5.74) is 1.07. The summed E-state index contributed by atoms with van der Waals surface area (Å²) in [6, 6.07) is 4.00. The van der Waals surface area contributed by atoms with Gasteiger partial charge < -0.3 is 19.1 Å². The van der Waals surface area contributed by atoms with Crippen LogP contribution in [-0.2, 0) is 27.9 Å². The number of aryl methyl sites for hydroxylation is 1. The summed E-state index contributed by atoms with van der Waals surface area (Å²) in [5.74, 6) is 1.12. The van der Waals surface area contributed by atoms with Gasteiger partial charge in [-0.1, -0.05) is 39.5 Å². The van der Waals surface area contributed by atoms with Crippen LogP contribution in [0, 0.1) is 11.8 Å². The molecule has 1 heterocycles. The van der Waals surface area contributed by atoms with E-state index in [4.69, 9.17) is 4.74 Å². The van der Waals surface area contributed by atoms with E-state index in [9.17, 15) is 9.59 Å². The van der Waals surface area contributed by atoms with Gasteiger partial charge in [-0.05, 0) is 30.4 Å². The monoisotopic (exact) mass is 405 g/mol. The number of rotatable bonds is 12. The minimum absolute atomic E-state index is 0.0156. The van der Waals surface area contributed by atoms with Gasteiger partial charge in [0.25, 0.3) is 0 Å². The topological polar surface area (TPSA) is 54.8 Å². The number of methoxy groups -OCH3 is 1. The minimum atomic E-state index is -0.0156. The molecule has 0 aromatic carbocycles. The summed E-state index contributed by atoms with van der Waals surface area (Å²) < 4.78 is 7.22. The molecule has 0 atom stereocenters. The van der Waals surface area contributed by atoms with Crippen LogP contribution in [0.2, 0.25) is 0 Å². The van der Waals surface area contributed by atoms with E-state index >= 15 is 0 Å². The van der Waals surface area contributed by atoms with Crippen molar-refractivity contribution in [1.29, 1.82) is 0 Å². The van der Waals surface area contributed by atoms with Gasteiger partial charge in [0.1, 0.15) is 0 Å². The molecule has 1 fully saturated rings. The minimum Gasteiger partial charge on any atom is -0.383 e. The van der Waals surface area contributed by atoms with Crippen LogP contribution < -0.4 is 0 Å². The van der Waals surface area contributed by atoms with E-state index < -0.39 is 0 Å². The molecule has 1 aromatic rings. The van der Waals surface area contributed by atoms with Crippen LogP contribution in [0.3, 0.4) is 0 Å². The Kier molecular flexibility index (Phi) is 9.71. The van der Waals surface area contributed by atoms with E-state index in [1.54, 1.807) is 16.9 Å². The molecule has 1 aromatic heterocycles. The van der Waals surface area contributed by atoms with Gasteiger partial charge in [-0.25, -0.2) is 0 Å². The lowest BCUT2D eigenvalue weighted by Gasteiger charge is -2.29. The van der Waals surface area contributed by atoms with E-state index in [0.717, 1.165) is 12.1 Å². The van der Waals surface area contributed by atoms with Crippen LogP contribution >= 0.6 is 0 Å². The summed E-state index contributed by atoms with van der Waals surface area (Å²) in [4.78, 5) is 29.6. The molecule has 0 radical (unpaired) electrons. The number of aromatic nitrogens is 1. The number of carbonyl (C=O) groups excluding carboxylic acids is 2. The summed E-state index contributed by atoms with van der Waals surface area (Å²) in [6.07, 6.45) is 8.57. The normalized spacial score (nSPS) is 14.5. The highest BCUT2D eigenvalue weighted by Crippen LogP contribution is 2.28. The first-order valence-electron chi connectivity index (χ1n) is 11.1. The molecule has 0 aliphatic heterocycles. The Labute approximate surface area is 176 Å². The molecule has 6 nitrogen and oxygen atoms in total. The van der Waals surface area contributed by atoms with Crippen LogP contribution in [0.25, 0.3) is 0 Å². The SMILES string of the molecule is COCCN(Cc1cccn1C)C(=O)CN(CC(C)C)C(=O)CCC1CCCC1. The first-order chi connectivity index (χ1) is 13.9. The average molecular weight is 406 g/mol. The molecular weight excluding hydrogens is 366 g/mol. The zero-order chi connectivity index (χ0) is 21.2. The van der Waals surface area contributed by atoms with Gasteiger partial charge in [0.05, 0.1) is 19.7 Å². The molecule has 1 aliphatic rings. The van der Waals surface area contributed by atoms with Crippen molar-refractivity contribution < 1.29 is 14.3 Å². The Hall–Kier alpha value is -1.82. The van der Waals surface area contributed by atoms with Crippen molar-refractivity contribution in [3.63, 3.8) is 0 Å². The number of hydrogen-bond acceptors (Lipinski definition) is 3. The van der Waals surface area contributed by atoms with E-state index in [1.807, 2.05) is 29.9 Å². The fourth-order valence-corrected chi connectivity index (χ4v) is 4.09. The van der Waals surface area contributed by atoms with Gasteiger partial charge in [0.2, 0.25) is 11.8 Å². The van der Waals surface area contributed by atoms with Crippen LogP contribution in [0.15, 0.2) is 18.3 Å². The maximum Gasteiger partial charge on any atom is 0.242 e. The maximum atomic E-state index is 13.1. The summed E-state index contributed by atoms with van der Waals surface area (Å²) >= 11 is 0. The van der Waals surface area contributed by atoms with E-state index in [1.165, 1.54) is 25.7 Å². The molecule has 1 saturated carbocycles. The highest BCUT2D eigenvalue weighted by molar-refractivity contribution is 5.84. The third-order valence-electron chi connectivity index (χ3n) is 5.83. The van der Waals surface area contributed by atoms with Crippen LogP contribution in [0.1, 0.15) is 58.1 Å². The van der Waals surface area contributed by atoms with Gasteiger partial charge in [0, 0.05) is 45.6 Å². The Morgan fingerprint density at radius 3 is 2.52 bits per heavy atom. The number of hydrogen-bond donors (Lipinski definition) is 0. The number of carbonyl (C=O) groups is 2. The van der Waals surface area contributed by atoms with E-state index in [0.29, 0.717) is 44.5 Å². The second-order valence-corrected chi connectivity index (χ2v) is 8.78. The maximum absolute atomic E-state index is 13.1. The summed E-state index contributed by atoms with van der Waals surface area (Å²) in [5, 5.41) is 0. The summed E-state index contributed by atoms with van der Waals surface area (Å²) in [7, 11) is 3.62. The van der Waals surface area contributed by atoms with E-state index in [2.05, 4.69) is 13.8 Å².